The van der Waals surface area contributed by atoms with Crippen LogP contribution in [0.5, 0.6) is 0 Å². The van der Waals surface area contributed by atoms with Gasteiger partial charge in [0.15, 0.2) is 0 Å². The van der Waals surface area contributed by atoms with Gasteiger partial charge in [0.1, 0.15) is 5.82 Å². The van der Waals surface area contributed by atoms with Gasteiger partial charge in [0.05, 0.1) is 17.7 Å². The third kappa shape index (κ3) is 3.91. The average molecular weight is 322 g/mol. The lowest BCUT2D eigenvalue weighted by Gasteiger charge is -2.32. The molecule has 5 nitrogen and oxygen atoms in total. The smallest absolute Gasteiger partial charge is 0.399 e. The fraction of sp³-hybridized carbons (Fsp3) is 0.562. The highest BCUT2D eigenvalue weighted by Crippen LogP contribution is 2.37. The number of hydrogen-bond donors (Lipinski definition) is 1. The standard InChI is InChI=1S/C16H24BFN2O3/c1-15(2)16(3,4)23-17(22-15)12-9-11(18)7-8-13(12)19-14(21)10-20(5)6/h7-9H,10H2,1-6H3,(H,19,21). The second kappa shape index (κ2) is 6.22. The van der Waals surface area contributed by atoms with Gasteiger partial charge in [-0.15, -0.1) is 0 Å². The number of nitrogens with zero attached hydrogens (tertiary/aromatic N) is 1. The van der Waals surface area contributed by atoms with Crippen LogP contribution in [0.3, 0.4) is 0 Å². The molecule has 1 aliphatic heterocycles. The Hall–Kier alpha value is -1.44. The van der Waals surface area contributed by atoms with E-state index in [-0.39, 0.29) is 12.5 Å². The minimum absolute atomic E-state index is 0.181. The Balaban J connectivity index is 2.28. The van der Waals surface area contributed by atoms with Crippen LogP contribution >= 0.6 is 0 Å². The minimum Gasteiger partial charge on any atom is -0.399 e. The van der Waals surface area contributed by atoms with Crippen molar-refractivity contribution in [2.24, 2.45) is 0 Å². The highest BCUT2D eigenvalue weighted by atomic mass is 19.1. The van der Waals surface area contributed by atoms with Crippen molar-refractivity contribution in [2.75, 3.05) is 26.0 Å². The average Bonchev–Trinajstić information content (AvgIpc) is 2.59. The number of carbonyl (C=O) groups excluding carboxylic acids is 1. The molecular weight excluding hydrogens is 298 g/mol. The van der Waals surface area contributed by atoms with Crippen LogP contribution in [0.15, 0.2) is 18.2 Å². The van der Waals surface area contributed by atoms with Gasteiger partial charge >= 0.3 is 7.12 Å². The summed E-state index contributed by atoms with van der Waals surface area (Å²) < 4.78 is 25.6. The first-order valence-corrected chi connectivity index (χ1v) is 7.61. The van der Waals surface area contributed by atoms with Gasteiger partial charge in [0.25, 0.3) is 0 Å². The minimum atomic E-state index is -0.731. The van der Waals surface area contributed by atoms with E-state index in [9.17, 15) is 9.18 Å². The molecule has 0 spiro atoms. The Labute approximate surface area is 137 Å². The molecule has 0 aliphatic carbocycles. The predicted molar refractivity (Wildman–Crippen MR) is 89.3 cm³/mol. The number of benzene rings is 1. The third-order valence-corrected chi connectivity index (χ3v) is 4.25. The zero-order valence-corrected chi connectivity index (χ0v) is 14.6. The second-order valence-corrected chi connectivity index (χ2v) is 7.11. The summed E-state index contributed by atoms with van der Waals surface area (Å²) in [6, 6.07) is 4.18. The summed E-state index contributed by atoms with van der Waals surface area (Å²) in [6.45, 7) is 7.95. The van der Waals surface area contributed by atoms with Crippen LogP contribution in [0.2, 0.25) is 0 Å². The van der Waals surface area contributed by atoms with Crippen molar-refractivity contribution in [2.45, 2.75) is 38.9 Å². The van der Waals surface area contributed by atoms with Crippen LogP contribution < -0.4 is 10.8 Å². The molecule has 1 aliphatic rings. The van der Waals surface area contributed by atoms with Gasteiger partial charge < -0.3 is 19.5 Å². The molecule has 1 aromatic rings. The van der Waals surface area contributed by atoms with Crippen molar-refractivity contribution < 1.29 is 18.5 Å². The number of halogens is 1. The van der Waals surface area contributed by atoms with Crippen molar-refractivity contribution >= 4 is 24.2 Å². The normalized spacial score (nSPS) is 19.2. The number of amides is 1. The quantitative estimate of drug-likeness (QED) is 0.856. The Kier molecular flexibility index (Phi) is 4.85. The molecule has 2 rings (SSSR count). The van der Waals surface area contributed by atoms with Crippen LogP contribution in [0.25, 0.3) is 0 Å². The summed E-state index contributed by atoms with van der Waals surface area (Å²) >= 11 is 0. The Bertz CT molecular complexity index is 589. The lowest BCUT2D eigenvalue weighted by Crippen LogP contribution is -2.41. The zero-order valence-electron chi connectivity index (χ0n) is 14.6. The maximum absolute atomic E-state index is 13.7. The van der Waals surface area contributed by atoms with E-state index in [1.54, 1.807) is 19.0 Å². The summed E-state index contributed by atoms with van der Waals surface area (Å²) in [6.07, 6.45) is 0. The first kappa shape index (κ1) is 17.9. The van der Waals surface area contributed by atoms with Crippen LogP contribution in [0.4, 0.5) is 10.1 Å². The summed E-state index contributed by atoms with van der Waals surface area (Å²) in [5, 5.41) is 2.79. The summed E-state index contributed by atoms with van der Waals surface area (Å²) in [5.74, 6) is -0.584. The molecule has 0 atom stereocenters. The highest BCUT2D eigenvalue weighted by molar-refractivity contribution is 6.64. The molecule has 1 amide bonds. The SMILES string of the molecule is CN(C)CC(=O)Nc1ccc(F)cc1B1OC(C)(C)C(C)(C)O1. The lowest BCUT2D eigenvalue weighted by molar-refractivity contribution is -0.116. The van der Waals surface area contributed by atoms with Crippen LogP contribution in [-0.2, 0) is 14.1 Å². The van der Waals surface area contributed by atoms with E-state index < -0.39 is 24.1 Å². The number of likely N-dealkylation sites (N-methyl/N-ethyl adjacent to an activating group) is 1. The van der Waals surface area contributed by atoms with Crippen LogP contribution in [0, 0.1) is 5.82 Å². The predicted octanol–water partition coefficient (Wildman–Crippen LogP) is 1.62. The van der Waals surface area contributed by atoms with Crippen LogP contribution in [0.1, 0.15) is 27.7 Å². The number of rotatable bonds is 4. The van der Waals surface area contributed by atoms with Crippen LogP contribution in [-0.4, -0.2) is 49.8 Å². The second-order valence-electron chi connectivity index (χ2n) is 7.11. The topological polar surface area (TPSA) is 50.8 Å². The molecule has 1 aromatic carbocycles. The molecule has 0 aromatic heterocycles. The first-order chi connectivity index (χ1) is 10.5. The fourth-order valence-corrected chi connectivity index (χ4v) is 2.29. The molecule has 1 heterocycles. The van der Waals surface area contributed by atoms with E-state index in [0.717, 1.165) is 0 Å². The van der Waals surface area contributed by atoms with Gasteiger partial charge in [-0.05, 0) is 60.0 Å². The molecule has 1 saturated heterocycles. The Morgan fingerprint density at radius 2 is 1.78 bits per heavy atom. The molecule has 0 unspecified atom stereocenters. The van der Waals surface area contributed by atoms with Crippen molar-refractivity contribution in [1.29, 1.82) is 0 Å². The summed E-state index contributed by atoms with van der Waals surface area (Å²) in [7, 11) is 2.88. The van der Waals surface area contributed by atoms with Gasteiger partial charge in [0, 0.05) is 11.2 Å². The molecule has 0 saturated carbocycles. The van der Waals surface area contributed by atoms with Crippen molar-refractivity contribution in [1.82, 2.24) is 4.90 Å². The molecule has 1 N–H and O–H groups in total. The van der Waals surface area contributed by atoms with Gasteiger partial charge in [-0.25, -0.2) is 4.39 Å². The molecule has 7 heteroatoms. The molecule has 0 bridgehead atoms. The maximum Gasteiger partial charge on any atom is 0.497 e. The molecule has 0 radical (unpaired) electrons. The molecular formula is C16H24BFN2O3. The molecule has 126 valence electrons. The van der Waals surface area contributed by atoms with Crippen molar-refractivity contribution in [3.8, 4) is 0 Å². The van der Waals surface area contributed by atoms with E-state index in [1.165, 1.54) is 18.2 Å². The largest absolute Gasteiger partial charge is 0.497 e. The molecule has 23 heavy (non-hydrogen) atoms. The van der Waals surface area contributed by atoms with E-state index in [2.05, 4.69) is 5.32 Å². The monoisotopic (exact) mass is 322 g/mol. The Morgan fingerprint density at radius 1 is 1.22 bits per heavy atom. The van der Waals surface area contributed by atoms with Gasteiger partial charge in [-0.2, -0.15) is 0 Å². The number of nitrogens with one attached hydrogen (secondary N) is 1. The number of anilines is 1. The van der Waals surface area contributed by atoms with E-state index >= 15 is 0 Å². The third-order valence-electron chi connectivity index (χ3n) is 4.25. The summed E-state index contributed by atoms with van der Waals surface area (Å²) in [4.78, 5) is 13.8. The van der Waals surface area contributed by atoms with E-state index in [4.69, 9.17) is 9.31 Å². The van der Waals surface area contributed by atoms with Crippen molar-refractivity contribution in [3.63, 3.8) is 0 Å². The van der Waals surface area contributed by atoms with Crippen molar-refractivity contribution in [3.05, 3.63) is 24.0 Å². The first-order valence-electron chi connectivity index (χ1n) is 7.61. The number of hydrogen-bond acceptors (Lipinski definition) is 4. The lowest BCUT2D eigenvalue weighted by atomic mass is 9.77. The number of carbonyl (C=O) groups is 1. The van der Waals surface area contributed by atoms with Gasteiger partial charge in [0.2, 0.25) is 5.91 Å². The molecule has 1 fully saturated rings. The highest BCUT2D eigenvalue weighted by Gasteiger charge is 2.52. The summed E-state index contributed by atoms with van der Waals surface area (Å²) in [5.41, 5.74) is -0.0865. The van der Waals surface area contributed by atoms with Gasteiger partial charge in [-0.1, -0.05) is 0 Å². The Morgan fingerprint density at radius 3 is 2.30 bits per heavy atom. The zero-order chi connectivity index (χ0) is 17.4. The maximum atomic E-state index is 13.7. The van der Waals surface area contributed by atoms with Gasteiger partial charge in [-0.3, -0.25) is 4.79 Å². The van der Waals surface area contributed by atoms with E-state index in [0.29, 0.717) is 11.2 Å². The fourth-order valence-electron chi connectivity index (χ4n) is 2.29. The van der Waals surface area contributed by atoms with E-state index in [1.807, 2.05) is 27.7 Å².